The molecule has 0 aliphatic carbocycles. The zero-order valence-corrected chi connectivity index (χ0v) is 19.8. The van der Waals surface area contributed by atoms with Crippen molar-refractivity contribution in [3.05, 3.63) is 106 Å². The number of allylic oxidation sites excluding steroid dienone is 4. The number of ether oxygens (including phenoxy) is 1. The topological polar surface area (TPSA) is 63.6 Å². The molecule has 0 spiro atoms. The predicted octanol–water partition coefficient (Wildman–Crippen LogP) is 6.47. The number of benzene rings is 2. The summed E-state index contributed by atoms with van der Waals surface area (Å²) in [6.07, 6.45) is 9.98. The minimum atomic E-state index is -0.399. The molecule has 0 atom stereocenters. The standard InChI is InChI=1S/C29H34O4/c1-22(9-7-11-23(2)19-20-30)10-8-12-24(3)21-33-29(32)27-17-15-26(16-18-27)28(31)25-13-5-4-6-14-25/h4-6,9,12-19,30H,7-8,10-11,20-21H2,1-3H3/b22-9+,23-19+,24-12+. The molecule has 0 bridgehead atoms. The van der Waals surface area contributed by atoms with Gasteiger partial charge in [0.2, 0.25) is 0 Å². The maximum atomic E-state index is 12.5. The first-order chi connectivity index (χ1) is 15.9. The lowest BCUT2D eigenvalue weighted by Crippen LogP contribution is -2.08. The van der Waals surface area contributed by atoms with E-state index in [1.54, 1.807) is 36.4 Å². The molecule has 2 aromatic rings. The third kappa shape index (κ3) is 9.42. The fourth-order valence-corrected chi connectivity index (χ4v) is 3.29. The number of rotatable bonds is 12. The second-order valence-corrected chi connectivity index (χ2v) is 8.26. The van der Waals surface area contributed by atoms with Crippen molar-refractivity contribution in [2.45, 2.75) is 46.5 Å². The lowest BCUT2D eigenvalue weighted by atomic mass is 10.0. The van der Waals surface area contributed by atoms with Gasteiger partial charge >= 0.3 is 5.97 Å². The number of aliphatic hydroxyl groups excluding tert-OH is 1. The minimum Gasteiger partial charge on any atom is -0.458 e. The van der Waals surface area contributed by atoms with Crippen LogP contribution in [0.4, 0.5) is 0 Å². The summed E-state index contributed by atoms with van der Waals surface area (Å²) in [6, 6.07) is 15.6. The molecule has 33 heavy (non-hydrogen) atoms. The molecule has 1 N–H and O–H groups in total. The van der Waals surface area contributed by atoms with Crippen molar-refractivity contribution < 1.29 is 19.4 Å². The first-order valence-corrected chi connectivity index (χ1v) is 11.4. The van der Waals surface area contributed by atoms with E-state index in [0.29, 0.717) is 16.7 Å². The van der Waals surface area contributed by atoms with Crippen LogP contribution in [0.1, 0.15) is 72.7 Å². The number of aliphatic hydroxyl groups is 1. The third-order valence-corrected chi connectivity index (χ3v) is 5.35. The Hall–Kier alpha value is -3.24. The van der Waals surface area contributed by atoms with Gasteiger partial charge in [0, 0.05) is 11.1 Å². The van der Waals surface area contributed by atoms with E-state index < -0.39 is 5.97 Å². The summed E-state index contributed by atoms with van der Waals surface area (Å²) in [5.41, 5.74) is 5.13. The Morgan fingerprint density at radius 2 is 1.24 bits per heavy atom. The molecule has 0 amide bonds. The lowest BCUT2D eigenvalue weighted by molar-refractivity contribution is 0.0539. The van der Waals surface area contributed by atoms with Gasteiger partial charge in [-0.1, -0.05) is 71.8 Å². The van der Waals surface area contributed by atoms with Crippen LogP contribution in [0.2, 0.25) is 0 Å². The molecular formula is C29H34O4. The van der Waals surface area contributed by atoms with Crippen molar-refractivity contribution in [1.82, 2.24) is 0 Å². The lowest BCUT2D eigenvalue weighted by Gasteiger charge is -2.07. The maximum Gasteiger partial charge on any atom is 0.338 e. The highest BCUT2D eigenvalue weighted by Gasteiger charge is 2.11. The molecule has 0 aliphatic rings. The average Bonchev–Trinajstić information content (AvgIpc) is 2.83. The highest BCUT2D eigenvalue weighted by atomic mass is 16.5. The van der Waals surface area contributed by atoms with Gasteiger partial charge in [-0.05, 0) is 64.2 Å². The number of esters is 1. The molecule has 0 saturated carbocycles. The quantitative estimate of drug-likeness (QED) is 0.231. The molecule has 2 rings (SSSR count). The highest BCUT2D eigenvalue weighted by Crippen LogP contribution is 2.14. The smallest absolute Gasteiger partial charge is 0.338 e. The first-order valence-electron chi connectivity index (χ1n) is 11.4. The van der Waals surface area contributed by atoms with Crippen LogP contribution in [0.15, 0.2) is 89.5 Å². The van der Waals surface area contributed by atoms with Gasteiger partial charge < -0.3 is 9.84 Å². The zero-order chi connectivity index (χ0) is 24.1. The molecule has 0 aromatic heterocycles. The van der Waals surface area contributed by atoms with Crippen molar-refractivity contribution >= 4 is 11.8 Å². The van der Waals surface area contributed by atoms with Gasteiger partial charge in [-0.25, -0.2) is 4.79 Å². The number of carbonyl (C=O) groups is 2. The Morgan fingerprint density at radius 1 is 0.727 bits per heavy atom. The number of hydrogen-bond acceptors (Lipinski definition) is 4. The zero-order valence-electron chi connectivity index (χ0n) is 19.8. The van der Waals surface area contributed by atoms with Crippen LogP contribution in [-0.2, 0) is 4.74 Å². The monoisotopic (exact) mass is 446 g/mol. The molecule has 2 aromatic carbocycles. The molecule has 0 unspecified atom stereocenters. The van der Waals surface area contributed by atoms with Gasteiger partial charge in [0.25, 0.3) is 0 Å². The fourth-order valence-electron chi connectivity index (χ4n) is 3.29. The molecule has 0 fully saturated rings. The van der Waals surface area contributed by atoms with E-state index in [-0.39, 0.29) is 19.0 Å². The van der Waals surface area contributed by atoms with E-state index in [9.17, 15) is 9.59 Å². The summed E-state index contributed by atoms with van der Waals surface area (Å²) < 4.78 is 5.41. The summed E-state index contributed by atoms with van der Waals surface area (Å²) in [5, 5.41) is 8.88. The Labute approximate surface area is 197 Å². The van der Waals surface area contributed by atoms with Gasteiger partial charge in [-0.15, -0.1) is 0 Å². The van der Waals surface area contributed by atoms with Gasteiger partial charge in [-0.2, -0.15) is 0 Å². The van der Waals surface area contributed by atoms with Gasteiger partial charge in [0.15, 0.2) is 5.78 Å². The van der Waals surface area contributed by atoms with Crippen LogP contribution in [0.3, 0.4) is 0 Å². The van der Waals surface area contributed by atoms with Crippen LogP contribution in [0, 0.1) is 0 Å². The number of ketones is 1. The van der Waals surface area contributed by atoms with Crippen molar-refractivity contribution in [1.29, 1.82) is 0 Å². The third-order valence-electron chi connectivity index (χ3n) is 5.35. The molecule has 0 saturated heterocycles. The normalized spacial score (nSPS) is 12.5. The summed E-state index contributed by atoms with van der Waals surface area (Å²) in [6.45, 7) is 6.46. The van der Waals surface area contributed by atoms with Gasteiger partial charge in [0.05, 0.1) is 12.2 Å². The SMILES string of the molecule is C/C(=C\CO)CC/C=C(\C)CC/C=C(\C)COC(=O)c1ccc(C(=O)c2ccccc2)cc1. The Balaban J connectivity index is 1.77. The Morgan fingerprint density at radius 3 is 1.85 bits per heavy atom. The fraction of sp³-hybridized carbons (Fsp3) is 0.310. The van der Waals surface area contributed by atoms with Crippen LogP contribution in [-0.4, -0.2) is 30.1 Å². The van der Waals surface area contributed by atoms with E-state index >= 15 is 0 Å². The summed E-state index contributed by atoms with van der Waals surface area (Å²) in [7, 11) is 0. The molecular weight excluding hydrogens is 412 g/mol. The first kappa shape index (κ1) is 26.0. The molecule has 0 radical (unpaired) electrons. The maximum absolute atomic E-state index is 12.5. The van der Waals surface area contributed by atoms with Crippen LogP contribution < -0.4 is 0 Å². The van der Waals surface area contributed by atoms with Crippen LogP contribution >= 0.6 is 0 Å². The van der Waals surface area contributed by atoms with Crippen molar-refractivity contribution in [3.63, 3.8) is 0 Å². The molecule has 174 valence electrons. The van der Waals surface area contributed by atoms with E-state index in [1.807, 2.05) is 38.1 Å². The highest BCUT2D eigenvalue weighted by molar-refractivity contribution is 6.09. The minimum absolute atomic E-state index is 0.0737. The van der Waals surface area contributed by atoms with Crippen LogP contribution in [0.25, 0.3) is 0 Å². The van der Waals surface area contributed by atoms with E-state index in [4.69, 9.17) is 9.84 Å². The van der Waals surface area contributed by atoms with E-state index in [1.165, 1.54) is 11.1 Å². The van der Waals surface area contributed by atoms with E-state index in [2.05, 4.69) is 19.1 Å². The second-order valence-electron chi connectivity index (χ2n) is 8.26. The average molecular weight is 447 g/mol. The number of hydrogen-bond donors (Lipinski definition) is 1. The van der Waals surface area contributed by atoms with Gasteiger partial charge in [0.1, 0.15) is 6.61 Å². The largest absolute Gasteiger partial charge is 0.458 e. The summed E-state index contributed by atoms with van der Waals surface area (Å²) in [5.74, 6) is -0.473. The van der Waals surface area contributed by atoms with Crippen molar-refractivity contribution in [2.24, 2.45) is 0 Å². The van der Waals surface area contributed by atoms with Crippen molar-refractivity contribution in [3.8, 4) is 0 Å². The van der Waals surface area contributed by atoms with Gasteiger partial charge in [-0.3, -0.25) is 4.79 Å². The van der Waals surface area contributed by atoms with Crippen molar-refractivity contribution in [2.75, 3.05) is 13.2 Å². The predicted molar refractivity (Wildman–Crippen MR) is 133 cm³/mol. The molecule has 0 heterocycles. The molecule has 4 heteroatoms. The summed E-state index contributed by atoms with van der Waals surface area (Å²) in [4.78, 5) is 24.8. The van der Waals surface area contributed by atoms with E-state index in [0.717, 1.165) is 31.3 Å². The Bertz CT molecular complexity index is 996. The summed E-state index contributed by atoms with van der Waals surface area (Å²) >= 11 is 0. The molecule has 0 aliphatic heterocycles. The number of carbonyl (C=O) groups excluding carboxylic acids is 2. The second kappa shape index (κ2) is 14.0. The Kier molecular flexibility index (Phi) is 11.1. The van der Waals surface area contributed by atoms with Crippen LogP contribution in [0.5, 0.6) is 0 Å². The molecule has 4 nitrogen and oxygen atoms in total.